The van der Waals surface area contributed by atoms with Crippen LogP contribution < -0.4 is 0 Å². The third-order valence-electron chi connectivity index (χ3n) is 6.74. The largest absolute Gasteiger partial charge is 0.340 e. The lowest BCUT2D eigenvalue weighted by Gasteiger charge is -2.37. The lowest BCUT2D eigenvalue weighted by atomic mass is 9.76. The van der Waals surface area contributed by atoms with Crippen LogP contribution in [0, 0.1) is 12.3 Å². The highest BCUT2D eigenvalue weighted by atomic mass is 16.2. The van der Waals surface area contributed by atoms with Crippen LogP contribution in [0.4, 0.5) is 0 Å². The molecule has 1 aromatic heterocycles. The minimum atomic E-state index is 0.0416. The summed E-state index contributed by atoms with van der Waals surface area (Å²) in [6.07, 6.45) is 6.49. The zero-order valence-electron chi connectivity index (χ0n) is 17.9. The summed E-state index contributed by atoms with van der Waals surface area (Å²) in [7, 11) is 4.16. The van der Waals surface area contributed by atoms with E-state index in [1.165, 1.54) is 18.5 Å². The van der Waals surface area contributed by atoms with E-state index < -0.39 is 0 Å². The molecule has 0 unspecified atom stereocenters. The number of likely N-dealkylation sites (N-methyl/N-ethyl adjacent to an activating group) is 1. The summed E-state index contributed by atoms with van der Waals surface area (Å²) in [5, 5.41) is 4.43. The number of hydrogen-bond donors (Lipinski definition) is 0. The van der Waals surface area contributed by atoms with Crippen LogP contribution in [0.5, 0.6) is 0 Å². The Balaban J connectivity index is 1.70. The van der Waals surface area contributed by atoms with Crippen LogP contribution in [-0.2, 0) is 17.9 Å². The van der Waals surface area contributed by atoms with Gasteiger partial charge in [0.25, 0.3) is 0 Å². The maximum atomic E-state index is 13.4. The predicted molar refractivity (Wildman–Crippen MR) is 109 cm³/mol. The van der Waals surface area contributed by atoms with Crippen LogP contribution in [-0.4, -0.2) is 76.7 Å². The van der Waals surface area contributed by atoms with E-state index in [0.717, 1.165) is 51.1 Å². The first-order valence-corrected chi connectivity index (χ1v) is 10.6. The fourth-order valence-electron chi connectivity index (χ4n) is 4.91. The van der Waals surface area contributed by atoms with Crippen molar-refractivity contribution >= 4 is 5.91 Å². The van der Waals surface area contributed by atoms with Gasteiger partial charge in [-0.3, -0.25) is 14.4 Å². The van der Waals surface area contributed by atoms with Crippen molar-refractivity contribution in [3.8, 4) is 0 Å². The predicted octanol–water partition coefficient (Wildman–Crippen LogP) is 2.37. The average Bonchev–Trinajstić information content (AvgIpc) is 3.18. The Morgan fingerprint density at radius 1 is 1.33 bits per heavy atom. The molecular formula is C21H37N5O. The van der Waals surface area contributed by atoms with Crippen molar-refractivity contribution in [2.75, 3.05) is 40.3 Å². The van der Waals surface area contributed by atoms with E-state index >= 15 is 0 Å². The van der Waals surface area contributed by atoms with Crippen LogP contribution in [0.3, 0.4) is 0 Å². The second kappa shape index (κ2) is 8.31. The molecule has 1 spiro atoms. The molecule has 3 heterocycles. The second-order valence-electron chi connectivity index (χ2n) is 8.76. The summed E-state index contributed by atoms with van der Waals surface area (Å²) < 4.78 is 2.00. The van der Waals surface area contributed by atoms with Gasteiger partial charge in [-0.25, -0.2) is 0 Å². The summed E-state index contributed by atoms with van der Waals surface area (Å²) >= 11 is 0. The molecule has 0 aliphatic carbocycles. The van der Waals surface area contributed by atoms with Gasteiger partial charge >= 0.3 is 0 Å². The molecule has 1 aromatic rings. The Kier molecular flexibility index (Phi) is 6.26. The van der Waals surface area contributed by atoms with Gasteiger partial charge < -0.3 is 9.80 Å². The molecule has 0 N–H and O–H groups in total. The maximum Gasteiger partial charge on any atom is 0.239 e. The van der Waals surface area contributed by atoms with Crippen molar-refractivity contribution < 1.29 is 4.79 Å². The van der Waals surface area contributed by atoms with E-state index in [4.69, 9.17) is 0 Å². The number of amides is 1. The van der Waals surface area contributed by atoms with Crippen LogP contribution >= 0.6 is 0 Å². The molecule has 3 rings (SSSR count). The minimum Gasteiger partial charge on any atom is -0.340 e. The van der Waals surface area contributed by atoms with Gasteiger partial charge in [0.2, 0.25) is 5.91 Å². The van der Waals surface area contributed by atoms with Crippen LogP contribution in [0.1, 0.15) is 50.8 Å². The highest BCUT2D eigenvalue weighted by Gasteiger charge is 2.47. The summed E-state index contributed by atoms with van der Waals surface area (Å²) in [5.41, 5.74) is 2.66. The van der Waals surface area contributed by atoms with Crippen molar-refractivity contribution in [3.05, 3.63) is 17.5 Å². The normalized spacial score (nSPS) is 23.2. The molecular weight excluding hydrogens is 338 g/mol. The molecule has 27 heavy (non-hydrogen) atoms. The van der Waals surface area contributed by atoms with E-state index in [2.05, 4.69) is 42.7 Å². The van der Waals surface area contributed by atoms with Gasteiger partial charge in [-0.2, -0.15) is 5.10 Å². The van der Waals surface area contributed by atoms with Gasteiger partial charge in [0, 0.05) is 37.9 Å². The molecule has 2 fully saturated rings. The number of hydrogen-bond acceptors (Lipinski definition) is 4. The number of aryl methyl sites for hydroxylation is 1. The summed E-state index contributed by atoms with van der Waals surface area (Å²) in [6.45, 7) is 12.4. The average molecular weight is 376 g/mol. The molecule has 0 aromatic carbocycles. The topological polar surface area (TPSA) is 44.6 Å². The Hall–Kier alpha value is -1.40. The standard InChI is InChI=1S/C21H37N5O/c1-6-10-25-16-21(8-11-23(4)12-9-21)13-19(25)20(27)24(5)15-18-14-22-26(7-2)17(18)3/h14,19H,6-13,15-16H2,1-5H3/t19-/m1/s1. The number of rotatable bonds is 6. The molecule has 2 aliphatic heterocycles. The minimum absolute atomic E-state index is 0.0416. The fraction of sp³-hybridized carbons (Fsp3) is 0.810. The third-order valence-corrected chi connectivity index (χ3v) is 6.74. The van der Waals surface area contributed by atoms with Crippen LogP contribution in [0.15, 0.2) is 6.20 Å². The number of aromatic nitrogens is 2. The van der Waals surface area contributed by atoms with E-state index in [1.807, 2.05) is 22.8 Å². The first-order valence-electron chi connectivity index (χ1n) is 10.6. The quantitative estimate of drug-likeness (QED) is 0.766. The maximum absolute atomic E-state index is 13.4. The summed E-state index contributed by atoms with van der Waals surface area (Å²) in [5.74, 6) is 0.280. The van der Waals surface area contributed by atoms with Gasteiger partial charge in [-0.05, 0) is 71.6 Å². The molecule has 1 atom stereocenters. The summed E-state index contributed by atoms with van der Waals surface area (Å²) in [6, 6.07) is 0.0416. The molecule has 2 aliphatic rings. The summed E-state index contributed by atoms with van der Waals surface area (Å²) in [4.78, 5) is 20.2. The fourth-order valence-corrected chi connectivity index (χ4v) is 4.91. The van der Waals surface area contributed by atoms with Crippen molar-refractivity contribution in [1.82, 2.24) is 24.5 Å². The van der Waals surface area contributed by atoms with Crippen LogP contribution in [0.25, 0.3) is 0 Å². The van der Waals surface area contributed by atoms with Gasteiger partial charge in [-0.15, -0.1) is 0 Å². The first-order chi connectivity index (χ1) is 12.9. The number of piperidine rings is 1. The van der Waals surface area contributed by atoms with Gasteiger partial charge in [0.15, 0.2) is 0 Å². The number of likely N-dealkylation sites (tertiary alicyclic amines) is 2. The number of carbonyl (C=O) groups excluding carboxylic acids is 1. The first kappa shape index (κ1) is 20.3. The lowest BCUT2D eigenvalue weighted by molar-refractivity contribution is -0.135. The Morgan fingerprint density at radius 2 is 2.04 bits per heavy atom. The smallest absolute Gasteiger partial charge is 0.239 e. The van der Waals surface area contributed by atoms with Crippen molar-refractivity contribution in [3.63, 3.8) is 0 Å². The van der Waals surface area contributed by atoms with E-state index in [9.17, 15) is 4.79 Å². The highest BCUT2D eigenvalue weighted by Crippen LogP contribution is 2.43. The van der Waals surface area contributed by atoms with Crippen molar-refractivity contribution in [1.29, 1.82) is 0 Å². The number of nitrogens with zero attached hydrogens (tertiary/aromatic N) is 5. The monoisotopic (exact) mass is 375 g/mol. The lowest BCUT2D eigenvalue weighted by Crippen LogP contribution is -2.44. The molecule has 152 valence electrons. The SMILES string of the molecule is CCCN1CC2(CCN(C)CC2)C[C@@H]1C(=O)N(C)Cc1cnn(CC)c1C. The Bertz CT molecular complexity index is 647. The molecule has 0 bridgehead atoms. The van der Waals surface area contributed by atoms with Gasteiger partial charge in [0.1, 0.15) is 0 Å². The van der Waals surface area contributed by atoms with Gasteiger partial charge in [-0.1, -0.05) is 6.92 Å². The molecule has 6 heteroatoms. The van der Waals surface area contributed by atoms with E-state index in [1.54, 1.807) is 0 Å². The second-order valence-corrected chi connectivity index (χ2v) is 8.76. The van der Waals surface area contributed by atoms with Gasteiger partial charge in [0.05, 0.1) is 12.2 Å². The third kappa shape index (κ3) is 4.21. The van der Waals surface area contributed by atoms with E-state index in [0.29, 0.717) is 12.0 Å². The Morgan fingerprint density at radius 3 is 2.63 bits per heavy atom. The highest BCUT2D eigenvalue weighted by molar-refractivity contribution is 5.82. The van der Waals surface area contributed by atoms with Crippen molar-refractivity contribution in [2.45, 2.75) is 65.6 Å². The number of carbonyl (C=O) groups is 1. The van der Waals surface area contributed by atoms with E-state index in [-0.39, 0.29) is 11.9 Å². The molecule has 1 amide bonds. The zero-order chi connectivity index (χ0) is 19.6. The zero-order valence-corrected chi connectivity index (χ0v) is 17.9. The molecule has 2 saturated heterocycles. The van der Waals surface area contributed by atoms with Crippen LogP contribution in [0.2, 0.25) is 0 Å². The van der Waals surface area contributed by atoms with Crippen molar-refractivity contribution in [2.24, 2.45) is 5.41 Å². The molecule has 6 nitrogen and oxygen atoms in total. The Labute approximate surface area is 164 Å². The molecule has 0 saturated carbocycles. The molecule has 0 radical (unpaired) electrons.